The first-order valence-electron chi connectivity index (χ1n) is 9.60. The van der Waals surface area contributed by atoms with Gasteiger partial charge < -0.3 is 19.7 Å². The van der Waals surface area contributed by atoms with Gasteiger partial charge in [-0.15, -0.1) is 11.3 Å². The van der Waals surface area contributed by atoms with E-state index in [9.17, 15) is 20.1 Å². The Labute approximate surface area is 176 Å². The van der Waals surface area contributed by atoms with E-state index in [1.165, 1.54) is 17.6 Å². The van der Waals surface area contributed by atoms with Crippen LogP contribution in [-0.4, -0.2) is 51.5 Å². The molecule has 0 aliphatic rings. The van der Waals surface area contributed by atoms with Crippen LogP contribution in [-0.2, 0) is 6.54 Å². The molecule has 0 amide bonds. The number of rotatable bonds is 7. The Morgan fingerprint density at radius 3 is 2.60 bits per heavy atom. The van der Waals surface area contributed by atoms with Gasteiger partial charge in [-0.05, 0) is 25.1 Å². The number of phenols is 1. The van der Waals surface area contributed by atoms with Crippen LogP contribution in [0.3, 0.4) is 0 Å². The lowest BCUT2D eigenvalue weighted by molar-refractivity contribution is 0.155. The van der Waals surface area contributed by atoms with Crippen molar-refractivity contribution >= 4 is 32.5 Å². The smallest absolute Gasteiger partial charge is 0.202 e. The molecule has 4 rings (SSSR count). The zero-order valence-corrected chi connectivity index (χ0v) is 17.3. The Hall–Kier alpha value is -2.78. The van der Waals surface area contributed by atoms with E-state index in [0.29, 0.717) is 45.8 Å². The Balaban J connectivity index is 1.83. The minimum absolute atomic E-state index is 0.0410. The normalized spacial score (nSPS) is 11.7. The molecule has 0 radical (unpaired) electrons. The van der Waals surface area contributed by atoms with Crippen molar-refractivity contribution in [3.05, 3.63) is 57.9 Å². The minimum Gasteiger partial charge on any atom is -0.507 e. The molecule has 0 aliphatic carbocycles. The predicted octanol–water partition coefficient (Wildman–Crippen LogP) is 2.87. The highest BCUT2D eigenvalue weighted by Crippen LogP contribution is 2.33. The molecule has 0 fully saturated rings. The van der Waals surface area contributed by atoms with Crippen LogP contribution in [0.4, 0.5) is 0 Å². The molecule has 156 valence electrons. The fourth-order valence-electron chi connectivity index (χ4n) is 3.54. The maximum Gasteiger partial charge on any atom is 0.202 e. The number of aromatic nitrogens is 1. The first kappa shape index (κ1) is 20.5. The highest BCUT2D eigenvalue weighted by atomic mass is 32.1. The van der Waals surface area contributed by atoms with Gasteiger partial charge >= 0.3 is 0 Å². The zero-order valence-electron chi connectivity index (χ0n) is 16.5. The number of aliphatic hydroxyl groups is 2. The molecule has 0 unspecified atom stereocenters. The number of phenolic OH excluding ortho intramolecular Hbond substituents is 1. The number of aliphatic hydroxyl groups excluding tert-OH is 2. The van der Waals surface area contributed by atoms with E-state index in [-0.39, 0.29) is 30.9 Å². The summed E-state index contributed by atoms with van der Waals surface area (Å²) in [5.41, 5.74) is 2.34. The fourth-order valence-corrected chi connectivity index (χ4v) is 4.51. The van der Waals surface area contributed by atoms with Gasteiger partial charge in [0.05, 0.1) is 34.4 Å². The standard InChI is InChI=1S/C22H22N2O5S/c1-13-19(27)14(11-24(6-8-25)7-9-26)10-15-20(28)16(12-29-21(13)15)22-23-17-4-2-3-5-18(17)30-22/h2-5,10,12,25-27H,6-9,11H2,1H3. The number of hydrogen-bond donors (Lipinski definition) is 3. The molecule has 0 atom stereocenters. The zero-order chi connectivity index (χ0) is 21.3. The monoisotopic (exact) mass is 426 g/mol. The molecule has 30 heavy (non-hydrogen) atoms. The minimum atomic E-state index is -0.212. The van der Waals surface area contributed by atoms with E-state index in [2.05, 4.69) is 4.98 Å². The second-order valence-corrected chi connectivity index (χ2v) is 8.11. The van der Waals surface area contributed by atoms with Crippen LogP contribution < -0.4 is 5.43 Å². The highest BCUT2D eigenvalue weighted by Gasteiger charge is 2.19. The molecule has 2 aromatic carbocycles. The average Bonchev–Trinajstić information content (AvgIpc) is 3.17. The topological polar surface area (TPSA) is 107 Å². The van der Waals surface area contributed by atoms with Gasteiger partial charge in [0.1, 0.15) is 22.6 Å². The molecular weight excluding hydrogens is 404 g/mol. The second kappa shape index (κ2) is 8.53. The summed E-state index contributed by atoms with van der Waals surface area (Å²) in [6, 6.07) is 9.31. The summed E-state index contributed by atoms with van der Waals surface area (Å²) in [5, 5.41) is 30.1. The number of thiazole rings is 1. The number of hydrogen-bond acceptors (Lipinski definition) is 8. The lowest BCUT2D eigenvalue weighted by Gasteiger charge is -2.21. The van der Waals surface area contributed by atoms with Crippen molar-refractivity contribution in [2.75, 3.05) is 26.3 Å². The SMILES string of the molecule is Cc1c(O)c(CN(CCO)CCO)cc2c(=O)c(-c3nc4ccccc4s3)coc12. The van der Waals surface area contributed by atoms with E-state index < -0.39 is 0 Å². The summed E-state index contributed by atoms with van der Waals surface area (Å²) in [4.78, 5) is 19.7. The number of para-hydroxylation sites is 1. The van der Waals surface area contributed by atoms with Gasteiger partial charge in [0.25, 0.3) is 0 Å². The van der Waals surface area contributed by atoms with E-state index in [4.69, 9.17) is 4.42 Å². The van der Waals surface area contributed by atoms with E-state index in [0.717, 1.165) is 10.2 Å². The van der Waals surface area contributed by atoms with Crippen LogP contribution >= 0.6 is 11.3 Å². The number of benzene rings is 2. The first-order chi connectivity index (χ1) is 14.5. The van der Waals surface area contributed by atoms with Gasteiger partial charge in [0.2, 0.25) is 5.43 Å². The predicted molar refractivity (Wildman–Crippen MR) is 117 cm³/mol. The Kier molecular flexibility index (Phi) is 5.83. The van der Waals surface area contributed by atoms with Crippen LogP contribution in [0.2, 0.25) is 0 Å². The van der Waals surface area contributed by atoms with E-state index in [1.807, 2.05) is 24.3 Å². The quantitative estimate of drug-likeness (QED) is 0.417. The van der Waals surface area contributed by atoms with Gasteiger partial charge in [-0.2, -0.15) is 0 Å². The van der Waals surface area contributed by atoms with E-state index in [1.54, 1.807) is 17.9 Å². The van der Waals surface area contributed by atoms with Crippen molar-refractivity contribution < 1.29 is 19.7 Å². The number of nitrogens with zero attached hydrogens (tertiary/aromatic N) is 2. The molecule has 0 spiro atoms. The van der Waals surface area contributed by atoms with Gasteiger partial charge in [0.15, 0.2) is 0 Å². The first-order valence-corrected chi connectivity index (χ1v) is 10.4. The molecule has 2 aromatic heterocycles. The molecule has 8 heteroatoms. The molecule has 4 aromatic rings. The summed E-state index contributed by atoms with van der Waals surface area (Å²) < 4.78 is 6.74. The largest absolute Gasteiger partial charge is 0.507 e. The van der Waals surface area contributed by atoms with Crippen molar-refractivity contribution in [3.8, 4) is 16.3 Å². The third-order valence-electron chi connectivity index (χ3n) is 5.10. The van der Waals surface area contributed by atoms with Crippen LogP contribution in [0.1, 0.15) is 11.1 Å². The third kappa shape index (κ3) is 3.70. The van der Waals surface area contributed by atoms with Crippen LogP contribution in [0.25, 0.3) is 31.8 Å². The molecule has 2 heterocycles. The summed E-state index contributed by atoms with van der Waals surface area (Å²) in [5.74, 6) is 0.0410. The summed E-state index contributed by atoms with van der Waals surface area (Å²) in [6.07, 6.45) is 1.40. The van der Waals surface area contributed by atoms with Crippen molar-refractivity contribution in [2.24, 2.45) is 0 Å². The number of aromatic hydroxyl groups is 1. The molecule has 0 bridgehead atoms. The molecular formula is C22H22N2O5S. The van der Waals surface area contributed by atoms with Crippen molar-refractivity contribution in [1.82, 2.24) is 9.88 Å². The maximum atomic E-state index is 13.3. The average molecular weight is 426 g/mol. The molecule has 3 N–H and O–H groups in total. The number of aryl methyl sites for hydroxylation is 1. The number of fused-ring (bicyclic) bond motifs is 2. The van der Waals surface area contributed by atoms with Gasteiger partial charge in [0, 0.05) is 30.8 Å². The van der Waals surface area contributed by atoms with Gasteiger partial charge in [-0.3, -0.25) is 9.69 Å². The molecule has 7 nitrogen and oxygen atoms in total. The van der Waals surface area contributed by atoms with Crippen molar-refractivity contribution in [2.45, 2.75) is 13.5 Å². The molecule has 0 saturated carbocycles. The lowest BCUT2D eigenvalue weighted by Crippen LogP contribution is -2.29. The third-order valence-corrected chi connectivity index (χ3v) is 6.17. The van der Waals surface area contributed by atoms with E-state index >= 15 is 0 Å². The van der Waals surface area contributed by atoms with Gasteiger partial charge in [-0.25, -0.2) is 4.98 Å². The van der Waals surface area contributed by atoms with Crippen LogP contribution in [0, 0.1) is 6.92 Å². The lowest BCUT2D eigenvalue weighted by atomic mass is 10.0. The van der Waals surface area contributed by atoms with Crippen molar-refractivity contribution in [1.29, 1.82) is 0 Å². The summed E-state index contributed by atoms with van der Waals surface area (Å²) in [6.45, 7) is 2.53. The van der Waals surface area contributed by atoms with Crippen LogP contribution in [0.5, 0.6) is 5.75 Å². The van der Waals surface area contributed by atoms with Gasteiger partial charge in [-0.1, -0.05) is 12.1 Å². The Bertz CT molecular complexity index is 1220. The summed E-state index contributed by atoms with van der Waals surface area (Å²) in [7, 11) is 0. The fraction of sp³-hybridized carbons (Fsp3) is 0.273. The second-order valence-electron chi connectivity index (χ2n) is 7.07. The molecule has 0 saturated heterocycles. The summed E-state index contributed by atoms with van der Waals surface area (Å²) >= 11 is 1.42. The molecule has 0 aliphatic heterocycles. The maximum absolute atomic E-state index is 13.3. The highest BCUT2D eigenvalue weighted by molar-refractivity contribution is 7.21. The van der Waals surface area contributed by atoms with Crippen LogP contribution in [0.15, 0.2) is 45.8 Å². The van der Waals surface area contributed by atoms with Crippen molar-refractivity contribution in [3.63, 3.8) is 0 Å². The Morgan fingerprint density at radius 2 is 1.90 bits per heavy atom. The Morgan fingerprint density at radius 1 is 1.17 bits per heavy atom.